The minimum absolute atomic E-state index is 0.0517. The number of hydrogen-bond acceptors (Lipinski definition) is 4. The van der Waals surface area contributed by atoms with Gasteiger partial charge in [-0.15, -0.1) is 0 Å². The predicted molar refractivity (Wildman–Crippen MR) is 112 cm³/mol. The molecule has 162 valence electrons. The van der Waals surface area contributed by atoms with E-state index < -0.39 is 11.9 Å². The molecule has 0 radical (unpaired) electrons. The smallest absolute Gasteiger partial charge is 0.251 e. The zero-order valence-corrected chi connectivity index (χ0v) is 17.3. The van der Waals surface area contributed by atoms with Crippen molar-refractivity contribution in [3.63, 3.8) is 0 Å². The topological polar surface area (TPSA) is 74.6 Å². The molecule has 0 unspecified atom stereocenters. The first-order valence-electron chi connectivity index (χ1n) is 11.0. The maximum Gasteiger partial charge on any atom is 0.251 e. The van der Waals surface area contributed by atoms with E-state index in [0.717, 1.165) is 37.1 Å². The first-order chi connectivity index (χ1) is 15.1. The lowest BCUT2D eigenvalue weighted by Gasteiger charge is -2.42. The molecule has 3 aliphatic rings. The van der Waals surface area contributed by atoms with Crippen LogP contribution in [0.15, 0.2) is 58.3 Å². The van der Waals surface area contributed by atoms with Gasteiger partial charge in [0.15, 0.2) is 0 Å². The fourth-order valence-corrected chi connectivity index (χ4v) is 5.23. The summed E-state index contributed by atoms with van der Waals surface area (Å²) >= 11 is 0. The molecule has 1 aromatic heterocycles. The summed E-state index contributed by atoms with van der Waals surface area (Å²) in [4.78, 5) is 28.4. The van der Waals surface area contributed by atoms with Crippen LogP contribution in [-0.4, -0.2) is 35.3 Å². The van der Waals surface area contributed by atoms with Gasteiger partial charge in [-0.05, 0) is 31.0 Å². The Morgan fingerprint density at radius 2 is 2.00 bits per heavy atom. The van der Waals surface area contributed by atoms with Gasteiger partial charge in [-0.2, -0.15) is 0 Å². The number of aryl methyl sites for hydroxylation is 1. The summed E-state index contributed by atoms with van der Waals surface area (Å²) in [5, 5.41) is 6.41. The molecule has 3 atom stereocenters. The van der Waals surface area contributed by atoms with Crippen LogP contribution in [0.4, 0.5) is 4.39 Å². The Bertz CT molecular complexity index is 1020. The Morgan fingerprint density at radius 3 is 2.81 bits per heavy atom. The maximum absolute atomic E-state index is 15.0. The van der Waals surface area contributed by atoms with Crippen LogP contribution in [0.2, 0.25) is 0 Å². The number of hydrogen-bond donors (Lipinski definition) is 2. The number of nitrogens with zero attached hydrogens (tertiary/aromatic N) is 1. The molecular weight excluding hydrogens is 397 g/mol. The summed E-state index contributed by atoms with van der Waals surface area (Å²) in [6.45, 7) is 0.386. The van der Waals surface area contributed by atoms with E-state index in [9.17, 15) is 9.59 Å². The van der Waals surface area contributed by atoms with Crippen molar-refractivity contribution < 1.29 is 18.4 Å². The lowest BCUT2D eigenvalue weighted by molar-refractivity contribution is -0.137. The zero-order valence-electron chi connectivity index (χ0n) is 17.3. The van der Waals surface area contributed by atoms with E-state index >= 15 is 4.39 Å². The number of benzene rings is 1. The second-order valence-electron chi connectivity index (χ2n) is 8.48. The van der Waals surface area contributed by atoms with Gasteiger partial charge in [0.25, 0.3) is 5.91 Å². The fourth-order valence-electron chi connectivity index (χ4n) is 5.23. The largest absolute Gasteiger partial charge is 0.469 e. The van der Waals surface area contributed by atoms with Crippen molar-refractivity contribution in [3.05, 3.63) is 71.1 Å². The van der Waals surface area contributed by atoms with Gasteiger partial charge >= 0.3 is 0 Å². The average Bonchev–Trinajstić information content (AvgIpc) is 3.39. The number of carbonyl (C=O) groups is 2. The molecule has 0 spiro atoms. The number of furan rings is 1. The van der Waals surface area contributed by atoms with E-state index in [2.05, 4.69) is 10.6 Å². The summed E-state index contributed by atoms with van der Waals surface area (Å²) < 4.78 is 20.4. The molecule has 2 aromatic rings. The van der Waals surface area contributed by atoms with Gasteiger partial charge in [-0.25, -0.2) is 4.39 Å². The number of amides is 2. The summed E-state index contributed by atoms with van der Waals surface area (Å²) in [5.41, 5.74) is 1.62. The molecule has 7 heteroatoms. The third kappa shape index (κ3) is 3.62. The van der Waals surface area contributed by atoms with Crippen LogP contribution in [0.3, 0.4) is 0 Å². The van der Waals surface area contributed by atoms with Gasteiger partial charge in [-0.3, -0.25) is 9.59 Å². The summed E-state index contributed by atoms with van der Waals surface area (Å²) in [7, 11) is 0. The number of nitrogens with one attached hydrogen (secondary N) is 2. The van der Waals surface area contributed by atoms with Gasteiger partial charge in [0.05, 0.1) is 30.5 Å². The highest BCUT2D eigenvalue weighted by molar-refractivity contribution is 5.99. The van der Waals surface area contributed by atoms with Gasteiger partial charge < -0.3 is 20.0 Å². The Balaban J connectivity index is 1.59. The Labute approximate surface area is 180 Å². The van der Waals surface area contributed by atoms with E-state index in [1.807, 2.05) is 6.07 Å². The summed E-state index contributed by atoms with van der Waals surface area (Å²) in [6, 6.07) is 9.32. The summed E-state index contributed by atoms with van der Waals surface area (Å²) in [5.74, 6) is 0.00892. The second kappa shape index (κ2) is 8.21. The van der Waals surface area contributed by atoms with E-state index in [-0.39, 0.29) is 30.3 Å². The Hall–Kier alpha value is -3.09. The standard InChI is InChI=1S/C24H26FN3O3/c25-17-8-2-1-7-16(17)23-22-19(14-26-24(22)30)27-18-9-3-4-10-20(18)28(23)21(29)12-11-15-6-5-13-31-15/h1-2,5-8,13,18,20,23,27H,3-4,9-12,14H2,(H,26,30)/t18-,20-,23-/m1/s1. The zero-order chi connectivity index (χ0) is 21.4. The molecule has 2 amide bonds. The highest BCUT2D eigenvalue weighted by Crippen LogP contribution is 2.41. The van der Waals surface area contributed by atoms with Crippen LogP contribution >= 0.6 is 0 Å². The molecule has 1 aliphatic carbocycles. The van der Waals surface area contributed by atoms with Crippen molar-refractivity contribution in [2.45, 2.75) is 56.7 Å². The Morgan fingerprint density at radius 1 is 1.16 bits per heavy atom. The molecule has 1 aromatic carbocycles. The lowest BCUT2D eigenvalue weighted by atomic mass is 9.87. The molecule has 6 nitrogen and oxygen atoms in total. The molecule has 5 rings (SSSR count). The average molecular weight is 423 g/mol. The third-order valence-electron chi connectivity index (χ3n) is 6.65. The van der Waals surface area contributed by atoms with Crippen molar-refractivity contribution in [2.24, 2.45) is 0 Å². The second-order valence-corrected chi connectivity index (χ2v) is 8.48. The maximum atomic E-state index is 15.0. The van der Waals surface area contributed by atoms with Crippen molar-refractivity contribution in [2.75, 3.05) is 6.54 Å². The SMILES string of the molecule is O=C1NCC2=C1[C@@H](c1ccccc1F)N(C(=O)CCc1ccco1)[C@@H]1CCCC[C@H]1N2. The molecular formula is C24H26FN3O3. The third-order valence-corrected chi connectivity index (χ3v) is 6.65. The highest BCUT2D eigenvalue weighted by Gasteiger charge is 2.46. The first kappa shape index (κ1) is 19.8. The van der Waals surface area contributed by atoms with Crippen LogP contribution in [-0.2, 0) is 16.0 Å². The highest BCUT2D eigenvalue weighted by atomic mass is 19.1. The lowest BCUT2D eigenvalue weighted by Crippen LogP contribution is -2.53. The quantitative estimate of drug-likeness (QED) is 0.792. The number of halogens is 1. The minimum Gasteiger partial charge on any atom is -0.469 e. The molecule has 1 fully saturated rings. The van der Waals surface area contributed by atoms with E-state index in [0.29, 0.717) is 24.1 Å². The molecule has 2 N–H and O–H groups in total. The predicted octanol–water partition coefficient (Wildman–Crippen LogP) is 3.22. The Kier molecular flexibility index (Phi) is 5.26. The van der Waals surface area contributed by atoms with Crippen molar-refractivity contribution in [3.8, 4) is 0 Å². The fraction of sp³-hybridized carbons (Fsp3) is 0.417. The number of rotatable bonds is 4. The van der Waals surface area contributed by atoms with Crippen LogP contribution in [0.25, 0.3) is 0 Å². The van der Waals surface area contributed by atoms with Crippen LogP contribution in [0.1, 0.15) is 49.5 Å². The molecule has 2 aliphatic heterocycles. The van der Waals surface area contributed by atoms with E-state index in [1.54, 1.807) is 35.4 Å². The molecule has 31 heavy (non-hydrogen) atoms. The van der Waals surface area contributed by atoms with Crippen LogP contribution in [0, 0.1) is 5.82 Å². The first-order valence-corrected chi connectivity index (χ1v) is 11.0. The van der Waals surface area contributed by atoms with Gasteiger partial charge in [-0.1, -0.05) is 31.0 Å². The van der Waals surface area contributed by atoms with Crippen LogP contribution < -0.4 is 10.6 Å². The van der Waals surface area contributed by atoms with Crippen LogP contribution in [0.5, 0.6) is 0 Å². The van der Waals surface area contributed by atoms with Crippen molar-refractivity contribution in [1.29, 1.82) is 0 Å². The van der Waals surface area contributed by atoms with Crippen molar-refractivity contribution in [1.82, 2.24) is 15.5 Å². The monoisotopic (exact) mass is 423 g/mol. The molecule has 0 bridgehead atoms. The van der Waals surface area contributed by atoms with E-state index in [1.165, 1.54) is 6.07 Å². The minimum atomic E-state index is -0.747. The van der Waals surface area contributed by atoms with Crippen molar-refractivity contribution >= 4 is 11.8 Å². The normalized spacial score (nSPS) is 25.4. The molecule has 3 heterocycles. The number of carbonyl (C=O) groups excluding carboxylic acids is 2. The number of fused-ring (bicyclic) bond motifs is 1. The molecule has 0 saturated heterocycles. The molecule has 1 saturated carbocycles. The summed E-state index contributed by atoms with van der Waals surface area (Å²) in [6.07, 6.45) is 6.12. The van der Waals surface area contributed by atoms with Gasteiger partial charge in [0.1, 0.15) is 11.6 Å². The van der Waals surface area contributed by atoms with E-state index in [4.69, 9.17) is 4.42 Å². The van der Waals surface area contributed by atoms with Gasteiger partial charge in [0.2, 0.25) is 5.91 Å². The van der Waals surface area contributed by atoms with Gasteiger partial charge in [0, 0.05) is 30.1 Å².